The summed E-state index contributed by atoms with van der Waals surface area (Å²) in [6, 6.07) is 7.91. The zero-order chi connectivity index (χ0) is 24.1. The van der Waals surface area contributed by atoms with Gasteiger partial charge in [0.05, 0.1) is 5.69 Å². The van der Waals surface area contributed by atoms with Crippen molar-refractivity contribution in [3.05, 3.63) is 76.8 Å². The maximum absolute atomic E-state index is 14.3. The molecule has 0 aliphatic carbocycles. The molecule has 2 aromatic carbocycles. The van der Waals surface area contributed by atoms with E-state index < -0.39 is 29.6 Å². The summed E-state index contributed by atoms with van der Waals surface area (Å²) in [7, 11) is 1.58. The number of H-pyrrole nitrogens is 1. The van der Waals surface area contributed by atoms with Crippen molar-refractivity contribution in [2.45, 2.75) is 13.0 Å². The van der Waals surface area contributed by atoms with Gasteiger partial charge in [-0.2, -0.15) is 0 Å². The third kappa shape index (κ3) is 3.40. The van der Waals surface area contributed by atoms with Crippen molar-refractivity contribution in [3.8, 4) is 22.6 Å². The molecule has 3 heterocycles. The number of aryl methyl sites for hydroxylation is 1. The van der Waals surface area contributed by atoms with Crippen LogP contribution in [0.4, 0.5) is 19.3 Å². The molecule has 5 rings (SSSR count). The molecule has 8 nitrogen and oxygen atoms in total. The largest absolute Gasteiger partial charge is 0.454 e. The number of ether oxygens (including phenoxy) is 1. The molecule has 0 spiro atoms. The lowest BCUT2D eigenvalue weighted by molar-refractivity contribution is -0.117. The molecule has 0 saturated carbocycles. The number of benzene rings is 2. The summed E-state index contributed by atoms with van der Waals surface area (Å²) in [5.41, 5.74) is 1.29. The third-order valence-electron chi connectivity index (χ3n) is 5.65. The van der Waals surface area contributed by atoms with Crippen LogP contribution in [0.5, 0.6) is 11.5 Å². The van der Waals surface area contributed by atoms with E-state index in [1.54, 1.807) is 38.5 Å². The zero-order valence-electron chi connectivity index (χ0n) is 18.1. The molecule has 1 unspecified atom stereocenters. The molecule has 4 aromatic rings. The molecule has 2 N–H and O–H groups in total. The summed E-state index contributed by atoms with van der Waals surface area (Å²) in [4.78, 5) is 41.4. The van der Waals surface area contributed by atoms with Crippen LogP contribution >= 0.6 is 0 Å². The molecule has 3 amide bonds. The normalized spacial score (nSPS) is 15.8. The lowest BCUT2D eigenvalue weighted by Crippen LogP contribution is -2.30. The number of rotatable bonds is 4. The van der Waals surface area contributed by atoms with E-state index in [1.165, 1.54) is 16.7 Å². The number of halogens is 2. The molecule has 1 fully saturated rings. The predicted octanol–water partition coefficient (Wildman–Crippen LogP) is 4.05. The first-order valence-electron chi connectivity index (χ1n) is 10.3. The highest BCUT2D eigenvalue weighted by Gasteiger charge is 2.36. The molecule has 1 atom stereocenters. The molecule has 10 heteroatoms. The van der Waals surface area contributed by atoms with Gasteiger partial charge in [0.1, 0.15) is 23.1 Å². The van der Waals surface area contributed by atoms with Crippen LogP contribution in [0.3, 0.4) is 0 Å². The van der Waals surface area contributed by atoms with E-state index in [4.69, 9.17) is 4.74 Å². The van der Waals surface area contributed by atoms with Crippen LogP contribution < -0.4 is 20.5 Å². The summed E-state index contributed by atoms with van der Waals surface area (Å²) < 4.78 is 34.9. The Morgan fingerprint density at radius 3 is 2.44 bits per heavy atom. The second-order valence-corrected chi connectivity index (χ2v) is 7.93. The van der Waals surface area contributed by atoms with Crippen LogP contribution in [0.15, 0.2) is 59.7 Å². The first kappa shape index (κ1) is 21.4. The second-order valence-electron chi connectivity index (χ2n) is 7.93. The lowest BCUT2D eigenvalue weighted by Gasteiger charge is -2.18. The molecule has 1 aliphatic rings. The van der Waals surface area contributed by atoms with Crippen molar-refractivity contribution in [1.29, 1.82) is 0 Å². The highest BCUT2D eigenvalue weighted by Crippen LogP contribution is 2.40. The van der Waals surface area contributed by atoms with Gasteiger partial charge in [-0.3, -0.25) is 9.59 Å². The first-order chi connectivity index (χ1) is 16.2. The van der Waals surface area contributed by atoms with Gasteiger partial charge in [0, 0.05) is 42.0 Å². The molecule has 0 radical (unpaired) electrons. The van der Waals surface area contributed by atoms with Crippen molar-refractivity contribution in [2.24, 2.45) is 7.05 Å². The number of urea groups is 1. The van der Waals surface area contributed by atoms with Gasteiger partial charge in [0.2, 0.25) is 0 Å². The number of amides is 3. The zero-order valence-corrected chi connectivity index (χ0v) is 18.1. The van der Waals surface area contributed by atoms with Gasteiger partial charge < -0.3 is 19.6 Å². The van der Waals surface area contributed by atoms with Crippen LogP contribution in [0.2, 0.25) is 0 Å². The van der Waals surface area contributed by atoms with Gasteiger partial charge in [0.15, 0.2) is 11.6 Å². The summed E-state index contributed by atoms with van der Waals surface area (Å²) in [5, 5.41) is 3.12. The minimum atomic E-state index is -0.898. The number of pyridine rings is 1. The molecule has 172 valence electrons. The lowest BCUT2D eigenvalue weighted by atomic mass is 10.0. The van der Waals surface area contributed by atoms with Crippen LogP contribution in [-0.4, -0.2) is 27.5 Å². The van der Waals surface area contributed by atoms with Crippen LogP contribution in [0.25, 0.3) is 22.0 Å². The molecule has 0 bridgehead atoms. The number of carbonyl (C=O) groups is 2. The van der Waals surface area contributed by atoms with Crippen LogP contribution in [0.1, 0.15) is 6.92 Å². The van der Waals surface area contributed by atoms with Crippen LogP contribution in [-0.2, 0) is 11.8 Å². The second kappa shape index (κ2) is 7.84. The number of fused-ring (bicyclic) bond motifs is 1. The fourth-order valence-corrected chi connectivity index (χ4v) is 3.97. The number of carbonyl (C=O) groups excluding carboxylic acids is 2. The van der Waals surface area contributed by atoms with E-state index in [-0.39, 0.29) is 22.7 Å². The van der Waals surface area contributed by atoms with Gasteiger partial charge in [-0.25, -0.2) is 18.5 Å². The Hall–Kier alpha value is -4.47. The maximum atomic E-state index is 14.3. The highest BCUT2D eigenvalue weighted by atomic mass is 19.1. The summed E-state index contributed by atoms with van der Waals surface area (Å²) in [5.74, 6) is -2.11. The van der Waals surface area contributed by atoms with E-state index in [2.05, 4.69) is 10.3 Å². The maximum Gasteiger partial charge on any atom is 0.329 e. The Kier molecular flexibility index (Phi) is 4.93. The van der Waals surface area contributed by atoms with E-state index in [0.717, 1.165) is 17.0 Å². The predicted molar refractivity (Wildman–Crippen MR) is 121 cm³/mol. The average Bonchev–Trinajstić information content (AvgIpc) is 3.38. The van der Waals surface area contributed by atoms with Crippen LogP contribution in [0, 0.1) is 11.6 Å². The standard InChI is InChI=1S/C24H18F2N4O4/c1-12-22(31)30(24(33)28-12)14-4-6-19(34-20-5-3-13(25)9-18(20)26)16(10-14)17-11-29(2)23(32)21-15(17)7-8-27-21/h3-12,27H,1-2H3,(H,28,33). The smallest absolute Gasteiger partial charge is 0.329 e. The Morgan fingerprint density at radius 2 is 1.74 bits per heavy atom. The van der Waals surface area contributed by atoms with Crippen molar-refractivity contribution in [1.82, 2.24) is 14.9 Å². The third-order valence-corrected chi connectivity index (χ3v) is 5.65. The average molecular weight is 464 g/mol. The Morgan fingerprint density at radius 1 is 0.971 bits per heavy atom. The Labute approximate surface area is 191 Å². The van der Waals surface area contributed by atoms with E-state index in [0.29, 0.717) is 28.1 Å². The van der Waals surface area contributed by atoms with Gasteiger partial charge >= 0.3 is 6.03 Å². The van der Waals surface area contributed by atoms with Crippen molar-refractivity contribution in [3.63, 3.8) is 0 Å². The van der Waals surface area contributed by atoms with E-state index in [9.17, 15) is 23.2 Å². The minimum absolute atomic E-state index is 0.176. The molecular formula is C24H18F2N4O4. The SMILES string of the molecule is CC1NC(=O)N(c2ccc(Oc3ccc(F)cc3F)c(-c3cn(C)c(=O)c4[nH]ccc34)c2)C1=O. The first-order valence-corrected chi connectivity index (χ1v) is 10.3. The fraction of sp³-hybridized carbons (Fsp3) is 0.125. The number of aromatic nitrogens is 2. The van der Waals surface area contributed by atoms with Gasteiger partial charge in [-0.05, 0) is 43.3 Å². The molecule has 1 aliphatic heterocycles. The monoisotopic (exact) mass is 464 g/mol. The number of imide groups is 1. The number of aromatic amines is 1. The quantitative estimate of drug-likeness (QED) is 0.446. The highest BCUT2D eigenvalue weighted by molar-refractivity contribution is 6.21. The summed E-state index contributed by atoms with van der Waals surface area (Å²) in [6.07, 6.45) is 3.19. The van der Waals surface area contributed by atoms with Crippen molar-refractivity contribution in [2.75, 3.05) is 4.90 Å². The van der Waals surface area contributed by atoms with Gasteiger partial charge in [0.25, 0.3) is 11.5 Å². The molecule has 34 heavy (non-hydrogen) atoms. The van der Waals surface area contributed by atoms with Gasteiger partial charge in [-0.15, -0.1) is 0 Å². The Bertz CT molecular complexity index is 1540. The summed E-state index contributed by atoms with van der Waals surface area (Å²) >= 11 is 0. The van der Waals surface area contributed by atoms with Crippen molar-refractivity contribution >= 4 is 28.5 Å². The van der Waals surface area contributed by atoms with Gasteiger partial charge in [-0.1, -0.05) is 0 Å². The van der Waals surface area contributed by atoms with E-state index in [1.807, 2.05) is 0 Å². The fourth-order valence-electron chi connectivity index (χ4n) is 3.97. The number of nitrogens with one attached hydrogen (secondary N) is 2. The number of hydrogen-bond donors (Lipinski definition) is 2. The van der Waals surface area contributed by atoms with E-state index >= 15 is 0 Å². The Balaban J connectivity index is 1.73. The van der Waals surface area contributed by atoms with Crippen molar-refractivity contribution < 1.29 is 23.1 Å². The molecular weight excluding hydrogens is 446 g/mol. The molecule has 1 saturated heterocycles. The minimum Gasteiger partial charge on any atom is -0.454 e. The number of nitrogens with zero attached hydrogens (tertiary/aromatic N) is 2. The summed E-state index contributed by atoms with van der Waals surface area (Å²) in [6.45, 7) is 1.58. The number of hydrogen-bond acceptors (Lipinski definition) is 4. The number of anilines is 1. The molecule has 2 aromatic heterocycles. The topological polar surface area (TPSA) is 96.4 Å².